The van der Waals surface area contributed by atoms with Crippen molar-refractivity contribution in [2.45, 2.75) is 58.9 Å². The van der Waals surface area contributed by atoms with Crippen LogP contribution in [0.5, 0.6) is 0 Å². The number of amides is 1. The average molecular weight is 337 g/mol. The third-order valence-electron chi connectivity index (χ3n) is 4.91. The van der Waals surface area contributed by atoms with Gasteiger partial charge < -0.3 is 10.5 Å². The summed E-state index contributed by atoms with van der Waals surface area (Å²) in [5.41, 5.74) is 5.38. The number of ether oxygens (including phenoxy) is 1. The van der Waals surface area contributed by atoms with Crippen LogP contribution in [0.3, 0.4) is 0 Å². The molecule has 1 unspecified atom stereocenters. The van der Waals surface area contributed by atoms with Crippen molar-refractivity contribution in [2.75, 3.05) is 26.3 Å². The summed E-state index contributed by atoms with van der Waals surface area (Å²) in [7, 11) is 0. The first-order chi connectivity index (χ1) is 11.3. The quantitative estimate of drug-likeness (QED) is 0.610. The van der Waals surface area contributed by atoms with E-state index in [1.165, 1.54) is 0 Å². The van der Waals surface area contributed by atoms with Gasteiger partial charge in [0.15, 0.2) is 0 Å². The van der Waals surface area contributed by atoms with Crippen molar-refractivity contribution in [3.63, 3.8) is 0 Å². The van der Waals surface area contributed by atoms with E-state index in [2.05, 4.69) is 9.89 Å². The van der Waals surface area contributed by atoms with Crippen LogP contribution in [0.1, 0.15) is 52.9 Å². The van der Waals surface area contributed by atoms with Crippen molar-refractivity contribution < 1.29 is 14.3 Å². The van der Waals surface area contributed by atoms with Gasteiger partial charge in [0.2, 0.25) is 0 Å². The molecule has 0 aromatic heterocycles. The van der Waals surface area contributed by atoms with E-state index in [1.807, 2.05) is 20.8 Å². The number of hydrogen-bond acceptors (Lipinski definition) is 4. The molecule has 1 atom stereocenters. The van der Waals surface area contributed by atoms with Crippen LogP contribution in [0.15, 0.2) is 4.99 Å². The Balaban J connectivity index is 1.92. The summed E-state index contributed by atoms with van der Waals surface area (Å²) in [6.07, 6.45) is 4.00. The molecule has 2 aliphatic heterocycles. The van der Waals surface area contributed by atoms with Gasteiger partial charge in [-0.1, -0.05) is 20.8 Å². The van der Waals surface area contributed by atoms with Crippen LogP contribution in [0, 0.1) is 11.3 Å². The zero-order valence-corrected chi connectivity index (χ0v) is 15.2. The van der Waals surface area contributed by atoms with E-state index in [9.17, 15) is 9.59 Å². The van der Waals surface area contributed by atoms with E-state index >= 15 is 0 Å². The van der Waals surface area contributed by atoms with Crippen molar-refractivity contribution >= 4 is 17.5 Å². The number of Topliss-reactive ketones (excluding diaryl/α,β-unsaturated/α-hetero) is 1. The van der Waals surface area contributed by atoms with Crippen LogP contribution in [0.2, 0.25) is 0 Å². The maximum atomic E-state index is 12.5. The van der Waals surface area contributed by atoms with Crippen LogP contribution in [0.25, 0.3) is 0 Å². The monoisotopic (exact) mass is 337 g/mol. The molecular weight excluding hydrogens is 306 g/mol. The third kappa shape index (κ3) is 5.38. The Labute approximate surface area is 144 Å². The standard InChI is InChI=1S/C18H31N3O3/c1-18(2,3)15(22)11-16(19)20-17(23)14-5-4-8-21(14)12-13-6-9-24-10-7-13/h13-14H,4-12H2,1-3H3,(H2,19,20,23). The second kappa shape index (κ2) is 8.21. The second-order valence-electron chi connectivity index (χ2n) is 8.00. The molecule has 136 valence electrons. The van der Waals surface area contributed by atoms with Gasteiger partial charge >= 0.3 is 0 Å². The Morgan fingerprint density at radius 3 is 2.50 bits per heavy atom. The number of likely N-dealkylation sites (tertiary alicyclic amines) is 1. The highest BCUT2D eigenvalue weighted by molar-refractivity contribution is 6.06. The summed E-state index contributed by atoms with van der Waals surface area (Å²) < 4.78 is 5.40. The minimum absolute atomic E-state index is 0.00188. The molecule has 0 spiro atoms. The van der Waals surface area contributed by atoms with Gasteiger partial charge in [0.25, 0.3) is 5.91 Å². The van der Waals surface area contributed by atoms with Gasteiger partial charge in [-0.25, -0.2) is 0 Å². The third-order valence-corrected chi connectivity index (χ3v) is 4.91. The molecule has 2 N–H and O–H groups in total. The fraction of sp³-hybridized carbons (Fsp3) is 0.833. The first kappa shape index (κ1) is 19.1. The van der Waals surface area contributed by atoms with Gasteiger partial charge in [0.1, 0.15) is 11.6 Å². The molecule has 0 radical (unpaired) electrons. The van der Waals surface area contributed by atoms with Crippen LogP contribution < -0.4 is 5.73 Å². The molecule has 6 heteroatoms. The number of ketones is 1. The lowest BCUT2D eigenvalue weighted by Gasteiger charge is -2.29. The summed E-state index contributed by atoms with van der Waals surface area (Å²) in [6.45, 7) is 9.03. The highest BCUT2D eigenvalue weighted by Gasteiger charge is 2.32. The molecule has 0 saturated carbocycles. The molecule has 2 fully saturated rings. The summed E-state index contributed by atoms with van der Waals surface area (Å²) in [5, 5.41) is 0. The van der Waals surface area contributed by atoms with Crippen molar-refractivity contribution in [3.05, 3.63) is 0 Å². The van der Waals surface area contributed by atoms with Crippen molar-refractivity contribution in [3.8, 4) is 0 Å². The lowest BCUT2D eigenvalue weighted by Crippen LogP contribution is -2.40. The predicted molar refractivity (Wildman–Crippen MR) is 93.8 cm³/mol. The van der Waals surface area contributed by atoms with Crippen LogP contribution in [-0.4, -0.2) is 54.8 Å². The molecule has 24 heavy (non-hydrogen) atoms. The first-order valence-electron chi connectivity index (χ1n) is 8.99. The molecule has 0 bridgehead atoms. The smallest absolute Gasteiger partial charge is 0.264 e. The summed E-state index contributed by atoms with van der Waals surface area (Å²) in [6, 6.07) is -0.184. The van der Waals surface area contributed by atoms with E-state index in [0.717, 1.165) is 52.0 Å². The van der Waals surface area contributed by atoms with Crippen molar-refractivity contribution in [1.29, 1.82) is 0 Å². The van der Waals surface area contributed by atoms with E-state index in [1.54, 1.807) is 0 Å². The Bertz CT molecular complexity index is 490. The van der Waals surface area contributed by atoms with E-state index in [-0.39, 0.29) is 30.0 Å². The molecule has 0 aromatic rings. The van der Waals surface area contributed by atoms with E-state index in [4.69, 9.17) is 10.5 Å². The number of aliphatic imine (C=N–C) groups is 1. The Morgan fingerprint density at radius 1 is 1.21 bits per heavy atom. The molecular formula is C18H31N3O3. The molecule has 2 rings (SSSR count). The zero-order valence-electron chi connectivity index (χ0n) is 15.2. The van der Waals surface area contributed by atoms with Gasteiger partial charge in [0.05, 0.1) is 12.5 Å². The van der Waals surface area contributed by atoms with Crippen LogP contribution in [0.4, 0.5) is 0 Å². The molecule has 2 aliphatic rings. The largest absolute Gasteiger partial charge is 0.387 e. The highest BCUT2D eigenvalue weighted by Crippen LogP contribution is 2.24. The Hall–Kier alpha value is -1.27. The number of hydrogen-bond donors (Lipinski definition) is 1. The number of carbonyl (C=O) groups excluding carboxylic acids is 2. The summed E-state index contributed by atoms with van der Waals surface area (Å²) in [5.74, 6) is 0.537. The minimum atomic E-state index is -0.467. The normalized spacial score (nSPS) is 24.3. The Kier molecular flexibility index (Phi) is 6.52. The van der Waals surface area contributed by atoms with Gasteiger partial charge in [0, 0.05) is 25.2 Å². The highest BCUT2D eigenvalue weighted by atomic mass is 16.5. The lowest BCUT2D eigenvalue weighted by molar-refractivity contribution is -0.125. The van der Waals surface area contributed by atoms with Crippen LogP contribution in [-0.2, 0) is 14.3 Å². The van der Waals surface area contributed by atoms with E-state index < -0.39 is 5.41 Å². The maximum Gasteiger partial charge on any atom is 0.264 e. The lowest BCUT2D eigenvalue weighted by atomic mass is 9.89. The molecule has 2 heterocycles. The fourth-order valence-corrected chi connectivity index (χ4v) is 3.27. The molecule has 2 saturated heterocycles. The zero-order chi connectivity index (χ0) is 17.7. The van der Waals surface area contributed by atoms with Gasteiger partial charge in [-0.3, -0.25) is 14.5 Å². The summed E-state index contributed by atoms with van der Waals surface area (Å²) in [4.78, 5) is 30.8. The Morgan fingerprint density at radius 2 is 1.88 bits per heavy atom. The number of nitrogens with zero attached hydrogens (tertiary/aromatic N) is 2. The second-order valence-corrected chi connectivity index (χ2v) is 8.00. The van der Waals surface area contributed by atoms with Crippen molar-refractivity contribution in [1.82, 2.24) is 4.90 Å². The first-order valence-corrected chi connectivity index (χ1v) is 8.99. The summed E-state index contributed by atoms with van der Waals surface area (Å²) >= 11 is 0. The molecule has 0 aliphatic carbocycles. The molecule has 1 amide bonds. The minimum Gasteiger partial charge on any atom is -0.387 e. The molecule has 0 aromatic carbocycles. The number of amidine groups is 1. The van der Waals surface area contributed by atoms with Gasteiger partial charge in [-0.15, -0.1) is 0 Å². The topological polar surface area (TPSA) is 85.0 Å². The number of nitrogens with two attached hydrogens (primary N) is 1. The van der Waals surface area contributed by atoms with Gasteiger partial charge in [-0.05, 0) is 38.1 Å². The average Bonchev–Trinajstić information content (AvgIpc) is 2.95. The number of carbonyl (C=O) groups is 2. The number of rotatable bonds is 5. The van der Waals surface area contributed by atoms with E-state index in [0.29, 0.717) is 5.92 Å². The SMILES string of the molecule is CC(C)(C)C(=O)CC(N)=NC(=O)C1CCCN1CC1CCOCC1. The van der Waals surface area contributed by atoms with Crippen LogP contribution >= 0.6 is 0 Å². The molecule has 6 nitrogen and oxygen atoms in total. The fourth-order valence-electron chi connectivity index (χ4n) is 3.27. The predicted octanol–water partition coefficient (Wildman–Crippen LogP) is 1.77. The van der Waals surface area contributed by atoms with Gasteiger partial charge in [-0.2, -0.15) is 4.99 Å². The maximum absolute atomic E-state index is 12.5. The van der Waals surface area contributed by atoms with Crippen molar-refractivity contribution in [2.24, 2.45) is 22.1 Å².